The minimum Gasteiger partial charge on any atom is -0.314 e. The van der Waals surface area contributed by atoms with Crippen LogP contribution in [0, 0.1) is 0 Å². The van der Waals surface area contributed by atoms with E-state index in [-0.39, 0.29) is 0 Å². The van der Waals surface area contributed by atoms with Gasteiger partial charge in [0.1, 0.15) is 0 Å². The van der Waals surface area contributed by atoms with E-state index >= 15 is 0 Å². The van der Waals surface area contributed by atoms with Crippen LogP contribution in [0.1, 0.15) is 38.3 Å². The predicted molar refractivity (Wildman–Crippen MR) is 88.4 cm³/mol. The second kappa shape index (κ2) is 9.13. The van der Waals surface area contributed by atoms with Crippen molar-refractivity contribution >= 4 is 0 Å². The lowest BCUT2D eigenvalue weighted by atomic mass is 10.0. The van der Waals surface area contributed by atoms with Crippen molar-refractivity contribution < 1.29 is 0 Å². The molecule has 118 valence electrons. The first-order valence-electron chi connectivity index (χ1n) is 8.42. The Morgan fingerprint density at radius 3 is 2.33 bits per heavy atom. The zero-order chi connectivity index (χ0) is 14.9. The van der Waals surface area contributed by atoms with E-state index in [0.717, 1.165) is 32.7 Å². The maximum atomic E-state index is 4.18. The molecule has 0 saturated carbocycles. The molecule has 1 aliphatic heterocycles. The van der Waals surface area contributed by atoms with Crippen molar-refractivity contribution in [3.05, 3.63) is 30.1 Å². The highest BCUT2D eigenvalue weighted by Gasteiger charge is 2.24. The van der Waals surface area contributed by atoms with Gasteiger partial charge in [0.15, 0.2) is 0 Å². The van der Waals surface area contributed by atoms with Crippen molar-refractivity contribution in [3.8, 4) is 0 Å². The number of nitrogens with zero attached hydrogens (tertiary/aromatic N) is 3. The van der Waals surface area contributed by atoms with E-state index in [0.29, 0.717) is 6.04 Å². The van der Waals surface area contributed by atoms with E-state index in [4.69, 9.17) is 0 Å². The number of hydrogen-bond acceptors (Lipinski definition) is 4. The zero-order valence-corrected chi connectivity index (χ0v) is 13.6. The summed E-state index contributed by atoms with van der Waals surface area (Å²) in [5.41, 5.74) is 1.41. The number of nitrogens with one attached hydrogen (secondary N) is 1. The second-order valence-electron chi connectivity index (χ2n) is 5.88. The van der Waals surface area contributed by atoms with E-state index in [9.17, 15) is 0 Å². The summed E-state index contributed by atoms with van der Waals surface area (Å²) in [6.07, 6.45) is 6.30. The van der Waals surface area contributed by atoms with E-state index < -0.39 is 0 Å². The fourth-order valence-electron chi connectivity index (χ4n) is 3.18. The third-order valence-corrected chi connectivity index (χ3v) is 4.19. The lowest BCUT2D eigenvalue weighted by molar-refractivity contribution is 0.124. The van der Waals surface area contributed by atoms with Gasteiger partial charge in [-0.3, -0.25) is 9.88 Å². The number of rotatable bonds is 8. The Morgan fingerprint density at radius 1 is 1.14 bits per heavy atom. The maximum absolute atomic E-state index is 4.18. The molecule has 0 radical (unpaired) electrons. The van der Waals surface area contributed by atoms with Crippen LogP contribution >= 0.6 is 0 Å². The Bertz CT molecular complexity index is 370. The highest BCUT2D eigenvalue weighted by Crippen LogP contribution is 2.22. The van der Waals surface area contributed by atoms with E-state index in [2.05, 4.69) is 46.1 Å². The molecule has 1 aromatic rings. The van der Waals surface area contributed by atoms with Gasteiger partial charge in [-0.05, 0) is 43.6 Å². The van der Waals surface area contributed by atoms with Crippen LogP contribution in [0.2, 0.25) is 0 Å². The topological polar surface area (TPSA) is 31.4 Å². The van der Waals surface area contributed by atoms with Gasteiger partial charge in [0, 0.05) is 51.2 Å². The van der Waals surface area contributed by atoms with Crippen LogP contribution in [0.4, 0.5) is 0 Å². The maximum Gasteiger partial charge on any atom is 0.0477 e. The molecule has 1 N–H and O–H groups in total. The van der Waals surface area contributed by atoms with Crippen LogP contribution in [0.3, 0.4) is 0 Å². The molecule has 1 atom stereocenters. The van der Waals surface area contributed by atoms with E-state index in [1.807, 2.05) is 12.4 Å². The molecule has 21 heavy (non-hydrogen) atoms. The van der Waals surface area contributed by atoms with Gasteiger partial charge in [-0.2, -0.15) is 0 Å². The molecule has 4 nitrogen and oxygen atoms in total. The van der Waals surface area contributed by atoms with Crippen molar-refractivity contribution in [2.24, 2.45) is 0 Å². The minimum absolute atomic E-state index is 0.494. The highest BCUT2D eigenvalue weighted by atomic mass is 15.2. The van der Waals surface area contributed by atoms with Gasteiger partial charge in [0.05, 0.1) is 0 Å². The Balaban J connectivity index is 2.10. The summed E-state index contributed by atoms with van der Waals surface area (Å²) in [6, 6.07) is 4.86. The standard InChI is InChI=1S/C17H30N4/c1-3-11-20(12-4-2)15-17(16-5-7-18-8-6-16)21-13-9-19-10-14-21/h5-8,17,19H,3-4,9-15H2,1-2H3. The van der Waals surface area contributed by atoms with Crippen LogP contribution < -0.4 is 5.32 Å². The Labute approximate surface area is 129 Å². The van der Waals surface area contributed by atoms with Crippen LogP contribution in [-0.4, -0.2) is 60.6 Å². The molecule has 4 heteroatoms. The number of pyridine rings is 1. The quantitative estimate of drug-likeness (QED) is 0.795. The molecule has 0 bridgehead atoms. The first-order chi connectivity index (χ1) is 10.3. The Morgan fingerprint density at radius 2 is 1.76 bits per heavy atom. The SMILES string of the molecule is CCCN(CCC)CC(c1ccncc1)N1CCNCC1. The summed E-state index contributed by atoms with van der Waals surface area (Å²) in [4.78, 5) is 9.43. The predicted octanol–water partition coefficient (Wildman–Crippen LogP) is 2.15. The molecule has 2 rings (SSSR count). The highest BCUT2D eigenvalue weighted by molar-refractivity contribution is 5.16. The monoisotopic (exact) mass is 290 g/mol. The summed E-state index contributed by atoms with van der Waals surface area (Å²) >= 11 is 0. The van der Waals surface area contributed by atoms with Crippen molar-refractivity contribution in [2.75, 3.05) is 45.8 Å². The van der Waals surface area contributed by atoms with Gasteiger partial charge < -0.3 is 10.2 Å². The fourth-order valence-corrected chi connectivity index (χ4v) is 3.18. The van der Waals surface area contributed by atoms with Gasteiger partial charge in [0.25, 0.3) is 0 Å². The van der Waals surface area contributed by atoms with Crippen molar-refractivity contribution in [2.45, 2.75) is 32.7 Å². The lowest BCUT2D eigenvalue weighted by Crippen LogP contribution is -2.48. The average Bonchev–Trinajstić information content (AvgIpc) is 2.54. The molecule has 1 aliphatic rings. The van der Waals surface area contributed by atoms with Crippen molar-refractivity contribution in [3.63, 3.8) is 0 Å². The van der Waals surface area contributed by atoms with E-state index in [1.54, 1.807) is 0 Å². The summed E-state index contributed by atoms with van der Waals surface area (Å²) in [6.45, 7) is 12.5. The summed E-state index contributed by atoms with van der Waals surface area (Å²) in [5.74, 6) is 0. The fraction of sp³-hybridized carbons (Fsp3) is 0.706. The summed E-state index contributed by atoms with van der Waals surface area (Å²) in [7, 11) is 0. The van der Waals surface area contributed by atoms with Gasteiger partial charge >= 0.3 is 0 Å². The molecule has 0 amide bonds. The number of hydrogen-bond donors (Lipinski definition) is 1. The van der Waals surface area contributed by atoms with Crippen LogP contribution in [0.15, 0.2) is 24.5 Å². The molecule has 0 spiro atoms. The smallest absolute Gasteiger partial charge is 0.0477 e. The average molecular weight is 290 g/mol. The summed E-state index contributed by atoms with van der Waals surface area (Å²) < 4.78 is 0. The Hall–Kier alpha value is -0.970. The van der Waals surface area contributed by atoms with Crippen LogP contribution in [0.5, 0.6) is 0 Å². The van der Waals surface area contributed by atoms with Crippen molar-refractivity contribution in [1.29, 1.82) is 0 Å². The third-order valence-electron chi connectivity index (χ3n) is 4.19. The normalized spacial score (nSPS) is 18.0. The zero-order valence-electron chi connectivity index (χ0n) is 13.6. The number of piperazine rings is 1. The number of aromatic nitrogens is 1. The first-order valence-corrected chi connectivity index (χ1v) is 8.42. The summed E-state index contributed by atoms with van der Waals surface area (Å²) in [5, 5.41) is 3.46. The molecule has 2 heterocycles. The minimum atomic E-state index is 0.494. The Kier molecular flexibility index (Phi) is 7.13. The first kappa shape index (κ1) is 16.4. The molecule has 1 aromatic heterocycles. The van der Waals surface area contributed by atoms with Gasteiger partial charge in [0.2, 0.25) is 0 Å². The molecule has 1 unspecified atom stereocenters. The molecular weight excluding hydrogens is 260 g/mol. The molecule has 0 aromatic carbocycles. The molecule has 1 fully saturated rings. The van der Waals surface area contributed by atoms with Gasteiger partial charge in [-0.25, -0.2) is 0 Å². The van der Waals surface area contributed by atoms with E-state index in [1.165, 1.54) is 31.5 Å². The van der Waals surface area contributed by atoms with Gasteiger partial charge in [-0.15, -0.1) is 0 Å². The molecular formula is C17H30N4. The van der Waals surface area contributed by atoms with Crippen LogP contribution in [-0.2, 0) is 0 Å². The molecule has 1 saturated heterocycles. The second-order valence-corrected chi connectivity index (χ2v) is 5.88. The lowest BCUT2D eigenvalue weighted by Gasteiger charge is -2.38. The van der Waals surface area contributed by atoms with Crippen molar-refractivity contribution in [1.82, 2.24) is 20.1 Å². The molecule has 0 aliphatic carbocycles. The van der Waals surface area contributed by atoms with Crippen LogP contribution in [0.25, 0.3) is 0 Å². The van der Waals surface area contributed by atoms with Gasteiger partial charge in [-0.1, -0.05) is 13.8 Å². The largest absolute Gasteiger partial charge is 0.314 e. The third kappa shape index (κ3) is 5.06.